The summed E-state index contributed by atoms with van der Waals surface area (Å²) >= 11 is 0. The van der Waals surface area contributed by atoms with Crippen LogP contribution in [-0.4, -0.2) is 23.5 Å². The molecule has 0 heterocycles. The minimum absolute atomic E-state index is 0.395. The van der Waals surface area contributed by atoms with Crippen LogP contribution in [-0.2, 0) is 20.7 Å². The minimum atomic E-state index is -1.08. The summed E-state index contributed by atoms with van der Waals surface area (Å²) in [5.74, 6) is 0.296. The highest BCUT2D eigenvalue weighted by Gasteiger charge is 2.35. The molecule has 0 spiro atoms. The minimum Gasteiger partial charge on any atom is -0.476 e. The highest BCUT2D eigenvalue weighted by atomic mass is 16.6. The first-order chi connectivity index (χ1) is 10.5. The van der Waals surface area contributed by atoms with Crippen molar-refractivity contribution >= 4 is 12.3 Å². The number of ether oxygens (including phenoxy) is 2. The number of carbonyl (C=O) groups excluding carboxylic acids is 2. The summed E-state index contributed by atoms with van der Waals surface area (Å²) in [5, 5.41) is 0. The molecule has 0 saturated carbocycles. The van der Waals surface area contributed by atoms with E-state index >= 15 is 0 Å². The van der Waals surface area contributed by atoms with Gasteiger partial charge in [0, 0.05) is 6.42 Å². The van der Waals surface area contributed by atoms with E-state index in [2.05, 4.69) is 0 Å². The van der Waals surface area contributed by atoms with Crippen LogP contribution in [0.2, 0.25) is 0 Å². The van der Waals surface area contributed by atoms with E-state index in [1.54, 1.807) is 13.8 Å². The van der Waals surface area contributed by atoms with Gasteiger partial charge in [0.15, 0.2) is 5.60 Å². The van der Waals surface area contributed by atoms with Crippen LogP contribution in [0.4, 0.5) is 0 Å². The first-order valence-electron chi connectivity index (χ1n) is 7.92. The lowest BCUT2D eigenvalue weighted by molar-refractivity contribution is -0.171. The maximum Gasteiger partial charge on any atom is 0.350 e. The first kappa shape index (κ1) is 19.2. The molecule has 4 heteroatoms. The molecule has 0 bridgehead atoms. The fourth-order valence-electron chi connectivity index (χ4n) is 2.27. The van der Waals surface area contributed by atoms with Gasteiger partial charge in [-0.05, 0) is 71.6 Å². The third-order valence-electron chi connectivity index (χ3n) is 3.32. The Hall–Kier alpha value is -1.84. The van der Waals surface area contributed by atoms with Crippen molar-refractivity contribution < 1.29 is 19.1 Å². The average molecular weight is 320 g/mol. The number of hydrogen-bond donors (Lipinski definition) is 0. The molecule has 0 N–H and O–H groups in total. The van der Waals surface area contributed by atoms with Gasteiger partial charge in [-0.25, -0.2) is 4.79 Å². The normalized spacial score (nSPS) is 12.0. The highest BCUT2D eigenvalue weighted by Crippen LogP contribution is 2.30. The number of carbonyl (C=O) groups is 2. The summed E-state index contributed by atoms with van der Waals surface area (Å²) < 4.78 is 11.4. The van der Waals surface area contributed by atoms with E-state index in [9.17, 15) is 9.59 Å². The predicted octanol–water partition coefficient (Wildman–Crippen LogP) is 3.93. The van der Waals surface area contributed by atoms with E-state index in [1.165, 1.54) is 0 Å². The molecule has 4 nitrogen and oxygen atoms in total. The van der Waals surface area contributed by atoms with E-state index in [4.69, 9.17) is 9.47 Å². The van der Waals surface area contributed by atoms with Gasteiger partial charge in [-0.1, -0.05) is 12.1 Å². The Bertz CT molecular complexity index is 557. The number of hydrogen-bond acceptors (Lipinski definition) is 4. The zero-order valence-electron chi connectivity index (χ0n) is 15.3. The largest absolute Gasteiger partial charge is 0.476 e. The third kappa shape index (κ3) is 5.70. The Morgan fingerprint density at radius 3 is 2.04 bits per heavy atom. The number of aryl methyl sites for hydroxylation is 3. The second kappa shape index (κ2) is 7.16. The Labute approximate surface area is 139 Å². The van der Waals surface area contributed by atoms with Gasteiger partial charge in [0.05, 0.1) is 0 Å². The molecular weight excluding hydrogens is 292 g/mol. The SMILES string of the molecule is Cc1cc(CCC=O)cc(C)c1OC(C)(C)C(=O)OC(C)(C)C. The van der Waals surface area contributed by atoms with Crippen molar-refractivity contribution in [3.05, 3.63) is 28.8 Å². The van der Waals surface area contributed by atoms with Crippen molar-refractivity contribution in [3.63, 3.8) is 0 Å². The molecule has 0 saturated heterocycles. The molecule has 1 aromatic carbocycles. The summed E-state index contributed by atoms with van der Waals surface area (Å²) in [7, 11) is 0. The van der Waals surface area contributed by atoms with Gasteiger partial charge >= 0.3 is 5.97 Å². The van der Waals surface area contributed by atoms with Gasteiger partial charge in [-0.15, -0.1) is 0 Å². The van der Waals surface area contributed by atoms with Crippen LogP contribution in [0.1, 0.15) is 57.7 Å². The standard InChI is InChI=1S/C19H28O4/c1-13-11-15(9-8-10-20)12-14(2)16(13)22-19(6,7)17(21)23-18(3,4)5/h10-12H,8-9H2,1-7H3. The van der Waals surface area contributed by atoms with Crippen molar-refractivity contribution in [1.82, 2.24) is 0 Å². The van der Waals surface area contributed by atoms with E-state index in [0.717, 1.165) is 23.0 Å². The monoisotopic (exact) mass is 320 g/mol. The van der Waals surface area contributed by atoms with Crippen molar-refractivity contribution in [2.75, 3.05) is 0 Å². The van der Waals surface area contributed by atoms with E-state index in [0.29, 0.717) is 18.6 Å². The van der Waals surface area contributed by atoms with E-state index in [1.807, 2.05) is 46.8 Å². The predicted molar refractivity (Wildman–Crippen MR) is 90.9 cm³/mol. The molecule has 23 heavy (non-hydrogen) atoms. The molecule has 0 aliphatic carbocycles. The molecule has 0 radical (unpaired) electrons. The first-order valence-corrected chi connectivity index (χ1v) is 7.92. The number of esters is 1. The molecule has 0 fully saturated rings. The quantitative estimate of drug-likeness (QED) is 0.588. The van der Waals surface area contributed by atoms with Crippen LogP contribution in [0.5, 0.6) is 5.75 Å². The lowest BCUT2D eigenvalue weighted by atomic mass is 10.0. The van der Waals surface area contributed by atoms with Gasteiger partial charge < -0.3 is 14.3 Å². The van der Waals surface area contributed by atoms with Gasteiger partial charge in [-0.3, -0.25) is 0 Å². The van der Waals surface area contributed by atoms with Gasteiger partial charge in [-0.2, -0.15) is 0 Å². The second-order valence-electron chi connectivity index (χ2n) is 7.38. The summed E-state index contributed by atoms with van der Waals surface area (Å²) in [6, 6.07) is 3.99. The molecule has 1 aromatic rings. The maximum atomic E-state index is 12.3. The molecule has 0 aliphatic rings. The number of aldehydes is 1. The zero-order valence-corrected chi connectivity index (χ0v) is 15.3. The summed E-state index contributed by atoms with van der Waals surface area (Å²) in [5.41, 5.74) is 1.35. The molecule has 0 atom stereocenters. The molecule has 128 valence electrons. The maximum absolute atomic E-state index is 12.3. The van der Waals surface area contributed by atoms with Gasteiger partial charge in [0.1, 0.15) is 17.6 Å². The average Bonchev–Trinajstić information content (AvgIpc) is 2.38. The molecule has 0 aliphatic heterocycles. The van der Waals surface area contributed by atoms with Crippen molar-refractivity contribution in [2.24, 2.45) is 0 Å². The van der Waals surface area contributed by atoms with Crippen LogP contribution >= 0.6 is 0 Å². The van der Waals surface area contributed by atoms with Crippen LogP contribution in [0.3, 0.4) is 0 Å². The smallest absolute Gasteiger partial charge is 0.350 e. The Morgan fingerprint density at radius 2 is 1.61 bits per heavy atom. The molecule has 0 amide bonds. The van der Waals surface area contributed by atoms with Crippen LogP contribution in [0.25, 0.3) is 0 Å². The summed E-state index contributed by atoms with van der Waals surface area (Å²) in [4.78, 5) is 22.8. The second-order valence-corrected chi connectivity index (χ2v) is 7.38. The molecule has 0 unspecified atom stereocenters. The van der Waals surface area contributed by atoms with Crippen molar-refractivity contribution in [3.8, 4) is 5.75 Å². The number of rotatable bonds is 6. The fourth-order valence-corrected chi connectivity index (χ4v) is 2.27. The van der Waals surface area contributed by atoms with Crippen molar-refractivity contribution in [2.45, 2.75) is 72.5 Å². The highest BCUT2D eigenvalue weighted by molar-refractivity contribution is 5.79. The topological polar surface area (TPSA) is 52.6 Å². The van der Waals surface area contributed by atoms with Gasteiger partial charge in [0.25, 0.3) is 0 Å². The summed E-state index contributed by atoms with van der Waals surface area (Å²) in [6.45, 7) is 12.8. The fraction of sp³-hybridized carbons (Fsp3) is 0.579. The van der Waals surface area contributed by atoms with Crippen LogP contribution in [0.15, 0.2) is 12.1 Å². The molecular formula is C19H28O4. The van der Waals surface area contributed by atoms with Crippen LogP contribution in [0, 0.1) is 13.8 Å². The number of benzene rings is 1. The Balaban J connectivity index is 2.99. The zero-order chi connectivity index (χ0) is 17.8. The van der Waals surface area contributed by atoms with Crippen molar-refractivity contribution in [1.29, 1.82) is 0 Å². The van der Waals surface area contributed by atoms with Crippen LogP contribution < -0.4 is 4.74 Å². The van der Waals surface area contributed by atoms with E-state index in [-0.39, 0.29) is 0 Å². The van der Waals surface area contributed by atoms with Gasteiger partial charge in [0.2, 0.25) is 0 Å². The van der Waals surface area contributed by atoms with E-state index < -0.39 is 17.2 Å². The lowest BCUT2D eigenvalue weighted by Gasteiger charge is -2.30. The Morgan fingerprint density at radius 1 is 1.09 bits per heavy atom. The molecule has 1 rings (SSSR count). The lowest BCUT2D eigenvalue weighted by Crippen LogP contribution is -2.43. The molecule has 0 aromatic heterocycles. The summed E-state index contributed by atoms with van der Waals surface area (Å²) in [6.07, 6.45) is 2.13. The third-order valence-corrected chi connectivity index (χ3v) is 3.32. The Kier molecular flexibility index (Phi) is 5.98.